The second-order valence-corrected chi connectivity index (χ2v) is 4.40. The fourth-order valence-electron chi connectivity index (χ4n) is 1.49. The molecule has 0 unspecified atom stereocenters. The molecule has 20 heavy (non-hydrogen) atoms. The number of carbonyl (C=O) groups is 3. The average molecular weight is 277 g/mol. The zero-order valence-corrected chi connectivity index (χ0v) is 11.8. The molecular weight excluding hydrogens is 258 g/mol. The van der Waals surface area contributed by atoms with Crippen molar-refractivity contribution in [3.8, 4) is 0 Å². The smallest absolute Gasteiger partial charge is 0.241 e. The molecule has 0 fully saturated rings. The molecule has 0 aliphatic carbocycles. The lowest BCUT2D eigenvalue weighted by Crippen LogP contribution is -2.42. The number of hydrogen-bond acceptors (Lipinski definition) is 4. The molecule has 108 valence electrons. The van der Waals surface area contributed by atoms with Gasteiger partial charge in [0.1, 0.15) is 0 Å². The van der Waals surface area contributed by atoms with Crippen molar-refractivity contribution in [3.63, 3.8) is 0 Å². The first-order chi connectivity index (χ1) is 9.43. The molecule has 0 spiro atoms. The summed E-state index contributed by atoms with van der Waals surface area (Å²) in [6, 6.07) is 6.19. The van der Waals surface area contributed by atoms with Crippen LogP contribution in [0.3, 0.4) is 0 Å². The van der Waals surface area contributed by atoms with Crippen LogP contribution in [0.2, 0.25) is 0 Å². The van der Waals surface area contributed by atoms with Crippen molar-refractivity contribution in [2.45, 2.75) is 19.9 Å². The van der Waals surface area contributed by atoms with Crippen molar-refractivity contribution in [1.29, 1.82) is 0 Å². The number of rotatable bonds is 6. The minimum atomic E-state index is -0.520. The summed E-state index contributed by atoms with van der Waals surface area (Å²) in [5.41, 5.74) is 1.09. The lowest BCUT2D eigenvalue weighted by molar-refractivity contribution is -0.120. The van der Waals surface area contributed by atoms with Gasteiger partial charge >= 0.3 is 0 Å². The van der Waals surface area contributed by atoms with Crippen LogP contribution in [0.15, 0.2) is 24.3 Å². The van der Waals surface area contributed by atoms with Crippen molar-refractivity contribution in [1.82, 2.24) is 10.6 Å². The lowest BCUT2D eigenvalue weighted by Gasteiger charge is -2.13. The van der Waals surface area contributed by atoms with Crippen LogP contribution in [0.4, 0.5) is 5.69 Å². The van der Waals surface area contributed by atoms with Crippen molar-refractivity contribution in [2.24, 2.45) is 0 Å². The van der Waals surface area contributed by atoms with E-state index in [0.717, 1.165) is 0 Å². The van der Waals surface area contributed by atoms with Gasteiger partial charge < -0.3 is 10.6 Å². The van der Waals surface area contributed by atoms with E-state index < -0.39 is 6.04 Å². The standard InChI is InChI=1S/C14H19N3O3/c1-9(16-8-13(19)15-3)14(20)17-12-6-4-5-11(7-12)10(2)18/h4-7,9,16H,8H2,1-3H3,(H,15,19)(H,17,20)/t9-/m1/s1. The number of ketones is 1. The van der Waals surface area contributed by atoms with Crippen LogP contribution in [-0.2, 0) is 9.59 Å². The minimum Gasteiger partial charge on any atom is -0.358 e. The normalized spacial score (nSPS) is 11.6. The Morgan fingerprint density at radius 2 is 1.95 bits per heavy atom. The second kappa shape index (κ2) is 7.40. The van der Waals surface area contributed by atoms with Gasteiger partial charge in [0.05, 0.1) is 12.6 Å². The quantitative estimate of drug-likeness (QED) is 0.663. The highest BCUT2D eigenvalue weighted by atomic mass is 16.2. The number of amides is 2. The van der Waals surface area contributed by atoms with Crippen molar-refractivity contribution in [3.05, 3.63) is 29.8 Å². The molecule has 2 amide bonds. The zero-order valence-electron chi connectivity index (χ0n) is 11.8. The fraction of sp³-hybridized carbons (Fsp3) is 0.357. The summed E-state index contributed by atoms with van der Waals surface area (Å²) in [5, 5.41) is 7.95. The van der Waals surface area contributed by atoms with Gasteiger partial charge in [0.15, 0.2) is 5.78 Å². The molecule has 0 aliphatic rings. The molecule has 1 aromatic rings. The molecule has 0 heterocycles. The van der Waals surface area contributed by atoms with E-state index in [9.17, 15) is 14.4 Å². The molecule has 3 N–H and O–H groups in total. The molecule has 0 aliphatic heterocycles. The maximum Gasteiger partial charge on any atom is 0.241 e. The summed E-state index contributed by atoms with van der Waals surface area (Å²) >= 11 is 0. The zero-order chi connectivity index (χ0) is 15.1. The Kier molecular flexibility index (Phi) is 5.86. The first-order valence-corrected chi connectivity index (χ1v) is 6.30. The molecule has 1 rings (SSSR count). The number of benzene rings is 1. The number of hydrogen-bond donors (Lipinski definition) is 3. The number of Topliss-reactive ketones (excluding diaryl/α,β-unsaturated/α-hetero) is 1. The first kappa shape index (κ1) is 15.8. The third kappa shape index (κ3) is 4.81. The van der Waals surface area contributed by atoms with Crippen molar-refractivity contribution in [2.75, 3.05) is 18.9 Å². The highest BCUT2D eigenvalue weighted by Gasteiger charge is 2.13. The predicted octanol–water partition coefficient (Wildman–Crippen LogP) is 0.552. The van der Waals surface area contributed by atoms with Gasteiger partial charge in [-0.25, -0.2) is 0 Å². The number of anilines is 1. The Morgan fingerprint density at radius 3 is 2.55 bits per heavy atom. The molecule has 1 aromatic carbocycles. The van der Waals surface area contributed by atoms with Gasteiger partial charge in [-0.1, -0.05) is 12.1 Å². The Balaban J connectivity index is 2.59. The van der Waals surface area contributed by atoms with Crippen LogP contribution < -0.4 is 16.0 Å². The molecule has 0 bridgehead atoms. The van der Waals surface area contributed by atoms with Gasteiger partial charge in [-0.3, -0.25) is 19.7 Å². The lowest BCUT2D eigenvalue weighted by atomic mass is 10.1. The van der Waals surface area contributed by atoms with Crippen LogP contribution in [0.5, 0.6) is 0 Å². The maximum absolute atomic E-state index is 11.9. The van der Waals surface area contributed by atoms with Gasteiger partial charge in [-0.15, -0.1) is 0 Å². The van der Waals surface area contributed by atoms with Crippen LogP contribution in [-0.4, -0.2) is 37.2 Å². The predicted molar refractivity (Wildman–Crippen MR) is 76.6 cm³/mol. The van der Waals surface area contributed by atoms with Gasteiger partial charge in [-0.2, -0.15) is 0 Å². The summed E-state index contributed by atoms with van der Waals surface area (Å²) in [6.45, 7) is 3.19. The van der Waals surface area contributed by atoms with E-state index in [-0.39, 0.29) is 24.1 Å². The molecule has 0 saturated carbocycles. The first-order valence-electron chi connectivity index (χ1n) is 6.30. The maximum atomic E-state index is 11.9. The van der Waals surface area contributed by atoms with E-state index in [1.54, 1.807) is 31.2 Å². The summed E-state index contributed by atoms with van der Waals surface area (Å²) in [4.78, 5) is 34.2. The molecule has 6 heteroatoms. The van der Waals surface area contributed by atoms with E-state index >= 15 is 0 Å². The van der Waals surface area contributed by atoms with Gasteiger partial charge in [0.25, 0.3) is 0 Å². The van der Waals surface area contributed by atoms with E-state index in [1.165, 1.54) is 14.0 Å². The third-order valence-corrected chi connectivity index (χ3v) is 2.78. The van der Waals surface area contributed by atoms with Gasteiger partial charge in [0.2, 0.25) is 11.8 Å². The molecule has 0 radical (unpaired) electrons. The van der Waals surface area contributed by atoms with Gasteiger partial charge in [-0.05, 0) is 26.0 Å². The number of likely N-dealkylation sites (N-methyl/N-ethyl adjacent to an activating group) is 1. The second-order valence-electron chi connectivity index (χ2n) is 4.40. The van der Waals surface area contributed by atoms with E-state index in [4.69, 9.17) is 0 Å². The molecule has 6 nitrogen and oxygen atoms in total. The molecular formula is C14H19N3O3. The van der Waals surface area contributed by atoms with Crippen LogP contribution in [0.1, 0.15) is 24.2 Å². The summed E-state index contributed by atoms with van der Waals surface area (Å²) < 4.78 is 0. The van der Waals surface area contributed by atoms with Crippen molar-refractivity contribution >= 4 is 23.3 Å². The Bertz CT molecular complexity index is 514. The Morgan fingerprint density at radius 1 is 1.25 bits per heavy atom. The fourth-order valence-corrected chi connectivity index (χ4v) is 1.49. The summed E-state index contributed by atoms with van der Waals surface area (Å²) in [6.07, 6.45) is 0. The van der Waals surface area contributed by atoms with Crippen LogP contribution in [0, 0.1) is 0 Å². The number of nitrogens with one attached hydrogen (secondary N) is 3. The largest absolute Gasteiger partial charge is 0.358 e. The Hall–Kier alpha value is -2.21. The topological polar surface area (TPSA) is 87.3 Å². The van der Waals surface area contributed by atoms with E-state index in [0.29, 0.717) is 11.3 Å². The molecule has 0 aromatic heterocycles. The molecule has 0 saturated heterocycles. The van der Waals surface area contributed by atoms with E-state index in [1.807, 2.05) is 0 Å². The highest BCUT2D eigenvalue weighted by molar-refractivity contribution is 5.98. The molecule has 1 atom stereocenters. The SMILES string of the molecule is CNC(=O)CN[C@H](C)C(=O)Nc1cccc(C(C)=O)c1. The average Bonchev–Trinajstić information content (AvgIpc) is 2.44. The van der Waals surface area contributed by atoms with Crippen molar-refractivity contribution < 1.29 is 14.4 Å². The van der Waals surface area contributed by atoms with Crippen LogP contribution in [0.25, 0.3) is 0 Å². The highest BCUT2D eigenvalue weighted by Crippen LogP contribution is 2.11. The third-order valence-electron chi connectivity index (χ3n) is 2.78. The van der Waals surface area contributed by atoms with Crippen LogP contribution >= 0.6 is 0 Å². The monoisotopic (exact) mass is 277 g/mol. The minimum absolute atomic E-state index is 0.0631. The number of carbonyl (C=O) groups excluding carboxylic acids is 3. The summed E-state index contributed by atoms with van der Waals surface area (Å²) in [7, 11) is 1.53. The van der Waals surface area contributed by atoms with E-state index in [2.05, 4.69) is 16.0 Å². The van der Waals surface area contributed by atoms with Gasteiger partial charge in [0, 0.05) is 18.3 Å². The summed E-state index contributed by atoms with van der Waals surface area (Å²) in [5.74, 6) is -0.523. The Labute approximate surface area is 117 Å².